The molecule has 1 unspecified atom stereocenters. The van der Waals surface area contributed by atoms with Gasteiger partial charge in [-0.1, -0.05) is 59.7 Å². The van der Waals surface area contributed by atoms with Gasteiger partial charge in [-0.05, 0) is 25.0 Å². The first-order valence-corrected chi connectivity index (χ1v) is 12.3. The second-order valence-corrected chi connectivity index (χ2v) is 9.32. The van der Waals surface area contributed by atoms with Gasteiger partial charge in [0.05, 0.1) is 19.8 Å². The number of benzene rings is 2. The number of ether oxygens (including phenoxy) is 7. The van der Waals surface area contributed by atoms with Crippen LogP contribution in [-0.2, 0) is 47.5 Å². The average Bonchev–Trinajstić information content (AvgIpc) is 3.40. The summed E-state index contributed by atoms with van der Waals surface area (Å²) >= 11 is 0. The van der Waals surface area contributed by atoms with Crippen LogP contribution in [-0.4, -0.2) is 77.7 Å². The number of Topliss-reactive ketones (excluding diaryl/α,β-unsaturated/α-hetero) is 1. The average molecular weight is 553 g/mol. The van der Waals surface area contributed by atoms with Gasteiger partial charge >= 0.3 is 17.9 Å². The van der Waals surface area contributed by atoms with Crippen molar-refractivity contribution in [3.8, 4) is 0 Å². The molecule has 0 aromatic heterocycles. The Kier molecular flexibility index (Phi) is 7.85. The van der Waals surface area contributed by atoms with E-state index >= 15 is 0 Å². The van der Waals surface area contributed by atoms with Gasteiger partial charge in [0.1, 0.15) is 5.57 Å². The number of aryl methyl sites for hydroxylation is 2. The maximum absolute atomic E-state index is 14.6. The molecule has 10 heteroatoms. The van der Waals surface area contributed by atoms with Crippen molar-refractivity contribution in [2.75, 3.05) is 42.7 Å². The summed E-state index contributed by atoms with van der Waals surface area (Å²) in [6, 6.07) is 14.4. The van der Waals surface area contributed by atoms with E-state index in [1.165, 1.54) is 28.4 Å². The van der Waals surface area contributed by atoms with Gasteiger partial charge in [0.15, 0.2) is 5.60 Å². The molecule has 212 valence electrons. The smallest absolute Gasteiger partial charge is 0.342 e. The Morgan fingerprint density at radius 2 is 1.10 bits per heavy atom. The molecule has 1 atom stereocenters. The van der Waals surface area contributed by atoms with Crippen LogP contribution in [0.15, 0.2) is 59.7 Å². The van der Waals surface area contributed by atoms with Crippen LogP contribution in [0.25, 0.3) is 11.1 Å². The van der Waals surface area contributed by atoms with Crippen molar-refractivity contribution < 1.29 is 47.5 Å². The first-order chi connectivity index (χ1) is 19.1. The van der Waals surface area contributed by atoms with Crippen LogP contribution < -0.4 is 0 Å². The third-order valence-electron chi connectivity index (χ3n) is 7.36. The van der Waals surface area contributed by atoms with Crippen molar-refractivity contribution in [1.29, 1.82) is 0 Å². The van der Waals surface area contributed by atoms with Gasteiger partial charge in [-0.3, -0.25) is 4.79 Å². The van der Waals surface area contributed by atoms with E-state index in [1.54, 1.807) is 24.3 Å². The molecule has 0 amide bonds. The van der Waals surface area contributed by atoms with E-state index in [2.05, 4.69) is 0 Å². The number of methoxy groups -OCH3 is 6. The quantitative estimate of drug-likeness (QED) is 0.357. The highest BCUT2D eigenvalue weighted by molar-refractivity contribution is 6.38. The fourth-order valence-electron chi connectivity index (χ4n) is 5.49. The molecule has 0 bridgehead atoms. The van der Waals surface area contributed by atoms with Crippen LogP contribution in [0.2, 0.25) is 0 Å². The molecule has 2 aromatic rings. The number of esters is 2. The summed E-state index contributed by atoms with van der Waals surface area (Å²) in [7, 11) is 7.17. The van der Waals surface area contributed by atoms with Crippen molar-refractivity contribution in [3.63, 3.8) is 0 Å². The molecule has 0 saturated carbocycles. The zero-order chi connectivity index (χ0) is 29.5. The largest absolute Gasteiger partial charge is 0.466 e. The zero-order valence-corrected chi connectivity index (χ0v) is 23.7. The topological polar surface area (TPSA) is 116 Å². The van der Waals surface area contributed by atoms with E-state index < -0.39 is 46.2 Å². The highest BCUT2D eigenvalue weighted by atomic mass is 16.9. The standard InChI is InChI=1S/C30H32O10/c1-17-9-13-19(14-10-17)21-22(20-15-11-18(2)12-16-20)28(29(36-5,37-6)25(21)31)23(26(32)34-3)24(27(33)35-4)30(38-7,39-8)40-28/h9-16H,1-8H3. The SMILES string of the molecule is COC(=O)C1=C(C(=O)OC)C2(OC1(OC)OC)C(c1ccc(C)cc1)=C(c1ccc(C)cc1)C(=O)C2(OC)OC. The van der Waals surface area contributed by atoms with E-state index in [0.717, 1.165) is 25.3 Å². The minimum Gasteiger partial charge on any atom is -0.466 e. The van der Waals surface area contributed by atoms with E-state index in [9.17, 15) is 14.4 Å². The molecule has 4 rings (SSSR count). The molecule has 2 aromatic carbocycles. The minimum absolute atomic E-state index is 0.140. The summed E-state index contributed by atoms with van der Waals surface area (Å²) in [5.74, 6) is -7.35. The van der Waals surface area contributed by atoms with Gasteiger partial charge < -0.3 is 33.2 Å². The monoisotopic (exact) mass is 552 g/mol. The molecule has 40 heavy (non-hydrogen) atoms. The third-order valence-corrected chi connectivity index (χ3v) is 7.36. The Morgan fingerprint density at radius 1 is 0.650 bits per heavy atom. The Morgan fingerprint density at radius 3 is 1.52 bits per heavy atom. The number of rotatable bonds is 8. The zero-order valence-electron chi connectivity index (χ0n) is 23.7. The number of hydrogen-bond acceptors (Lipinski definition) is 10. The van der Waals surface area contributed by atoms with Crippen molar-refractivity contribution >= 4 is 28.9 Å². The van der Waals surface area contributed by atoms with E-state index in [4.69, 9.17) is 33.2 Å². The van der Waals surface area contributed by atoms with Crippen LogP contribution in [0, 0.1) is 13.8 Å². The van der Waals surface area contributed by atoms with Crippen molar-refractivity contribution in [3.05, 3.63) is 81.9 Å². The lowest BCUT2D eigenvalue weighted by atomic mass is 9.78. The maximum Gasteiger partial charge on any atom is 0.342 e. The molecule has 0 radical (unpaired) electrons. The fourth-order valence-corrected chi connectivity index (χ4v) is 5.49. The number of carbonyl (C=O) groups is 3. The molecule has 1 aliphatic heterocycles. The van der Waals surface area contributed by atoms with Crippen LogP contribution in [0.5, 0.6) is 0 Å². The summed E-state index contributed by atoms with van der Waals surface area (Å²) < 4.78 is 39.7. The summed E-state index contributed by atoms with van der Waals surface area (Å²) in [5.41, 5.74) is 0.0479. The second-order valence-electron chi connectivity index (χ2n) is 9.32. The molecular weight excluding hydrogens is 520 g/mol. The van der Waals surface area contributed by atoms with Crippen molar-refractivity contribution in [2.45, 2.75) is 31.2 Å². The Bertz CT molecular complexity index is 1390. The minimum atomic E-state index is -2.34. The first-order valence-electron chi connectivity index (χ1n) is 12.3. The summed E-state index contributed by atoms with van der Waals surface area (Å²) in [6.45, 7) is 3.82. The van der Waals surface area contributed by atoms with Crippen LogP contribution >= 0.6 is 0 Å². The van der Waals surface area contributed by atoms with Crippen LogP contribution in [0.1, 0.15) is 22.3 Å². The number of hydrogen-bond donors (Lipinski definition) is 0. The van der Waals surface area contributed by atoms with Crippen molar-refractivity contribution in [2.24, 2.45) is 0 Å². The summed E-state index contributed by atoms with van der Waals surface area (Å²) in [6.07, 6.45) is 0. The van der Waals surface area contributed by atoms with Crippen LogP contribution in [0.4, 0.5) is 0 Å². The molecular formula is C30H32O10. The highest BCUT2D eigenvalue weighted by Crippen LogP contribution is 2.63. The predicted octanol–water partition coefficient (Wildman–Crippen LogP) is 3.14. The molecule has 10 nitrogen and oxygen atoms in total. The van der Waals surface area contributed by atoms with Gasteiger partial charge in [0.25, 0.3) is 5.79 Å². The number of ketones is 1. The van der Waals surface area contributed by atoms with E-state index in [1.807, 2.05) is 38.1 Å². The summed E-state index contributed by atoms with van der Waals surface area (Å²) in [5, 5.41) is 0. The lowest BCUT2D eigenvalue weighted by molar-refractivity contribution is -0.377. The highest BCUT2D eigenvalue weighted by Gasteiger charge is 2.78. The van der Waals surface area contributed by atoms with Crippen molar-refractivity contribution in [1.82, 2.24) is 0 Å². The second kappa shape index (κ2) is 10.7. The first kappa shape index (κ1) is 29.3. The molecule has 0 fully saturated rings. The molecule has 2 aliphatic rings. The Labute approximate surface area is 232 Å². The van der Waals surface area contributed by atoms with E-state index in [0.29, 0.717) is 11.1 Å². The molecule has 0 saturated heterocycles. The molecule has 1 spiro atoms. The third kappa shape index (κ3) is 3.87. The molecule has 1 heterocycles. The molecule has 1 aliphatic carbocycles. The summed E-state index contributed by atoms with van der Waals surface area (Å²) in [4.78, 5) is 41.7. The van der Waals surface area contributed by atoms with Gasteiger partial charge in [0.2, 0.25) is 5.78 Å². The normalized spacial score (nSPS) is 21.4. The number of carbonyl (C=O) groups excluding carboxylic acids is 3. The lowest BCUT2D eigenvalue weighted by Crippen LogP contribution is -2.62. The lowest BCUT2D eigenvalue weighted by Gasteiger charge is -2.43. The predicted molar refractivity (Wildman–Crippen MR) is 143 cm³/mol. The van der Waals surface area contributed by atoms with E-state index in [-0.39, 0.29) is 11.1 Å². The van der Waals surface area contributed by atoms with Crippen LogP contribution in [0.3, 0.4) is 0 Å². The van der Waals surface area contributed by atoms with Gasteiger partial charge in [-0.15, -0.1) is 0 Å². The van der Waals surface area contributed by atoms with Gasteiger partial charge in [0, 0.05) is 39.6 Å². The molecule has 0 N–H and O–H groups in total. The fraction of sp³-hybridized carbons (Fsp3) is 0.367. The maximum atomic E-state index is 14.6. The van der Waals surface area contributed by atoms with Gasteiger partial charge in [-0.2, -0.15) is 0 Å². The van der Waals surface area contributed by atoms with Gasteiger partial charge in [-0.25, -0.2) is 9.59 Å². The Balaban J connectivity index is 2.31. The Hall–Kier alpha value is -3.67.